The predicted molar refractivity (Wildman–Crippen MR) is 81.6 cm³/mol. The van der Waals surface area contributed by atoms with Crippen molar-refractivity contribution in [2.45, 2.75) is 40.0 Å². The number of anilines is 1. The minimum Gasteiger partial charge on any atom is -0.376 e. The summed E-state index contributed by atoms with van der Waals surface area (Å²) in [4.78, 5) is 13.8. The van der Waals surface area contributed by atoms with E-state index in [1.165, 1.54) is 11.1 Å². The first-order valence-corrected chi connectivity index (χ1v) is 7.16. The van der Waals surface area contributed by atoms with Crippen molar-refractivity contribution in [3.05, 3.63) is 29.3 Å². The Morgan fingerprint density at radius 2 is 2.05 bits per heavy atom. The molecule has 3 heteroatoms. The molecule has 0 atom stereocenters. The molecule has 0 aliphatic rings. The lowest BCUT2D eigenvalue weighted by Crippen LogP contribution is -2.33. The number of benzene rings is 1. The molecule has 0 saturated heterocycles. The average Bonchev–Trinajstić information content (AvgIpc) is 2.42. The number of rotatable bonds is 7. The second-order valence-electron chi connectivity index (χ2n) is 4.98. The van der Waals surface area contributed by atoms with E-state index in [4.69, 9.17) is 0 Å². The Kier molecular flexibility index (Phi) is 6.40. The van der Waals surface area contributed by atoms with Gasteiger partial charge in [0.15, 0.2) is 0 Å². The molecule has 0 radical (unpaired) electrons. The fourth-order valence-corrected chi connectivity index (χ4v) is 2.10. The molecule has 0 aliphatic carbocycles. The van der Waals surface area contributed by atoms with Crippen LogP contribution >= 0.6 is 0 Å². The second kappa shape index (κ2) is 7.82. The van der Waals surface area contributed by atoms with E-state index in [1.54, 1.807) is 4.90 Å². The number of carbonyl (C=O) groups excluding carboxylic acids is 1. The number of likely N-dealkylation sites (N-methyl/N-ethyl adjacent to an activating group) is 1. The van der Waals surface area contributed by atoms with Crippen LogP contribution in [0.3, 0.4) is 0 Å². The summed E-state index contributed by atoms with van der Waals surface area (Å²) in [5.74, 6) is 0.152. The molecule has 106 valence electrons. The van der Waals surface area contributed by atoms with Gasteiger partial charge in [-0.2, -0.15) is 0 Å². The molecule has 0 fully saturated rings. The Morgan fingerprint density at radius 1 is 1.32 bits per heavy atom. The molecule has 0 heterocycles. The molecule has 1 aromatic carbocycles. The minimum absolute atomic E-state index is 0.152. The van der Waals surface area contributed by atoms with Gasteiger partial charge in [0.2, 0.25) is 5.91 Å². The summed E-state index contributed by atoms with van der Waals surface area (Å²) >= 11 is 0. The van der Waals surface area contributed by atoms with E-state index < -0.39 is 0 Å². The number of nitrogens with one attached hydrogen (secondary N) is 1. The third kappa shape index (κ3) is 4.58. The van der Waals surface area contributed by atoms with Crippen molar-refractivity contribution in [1.29, 1.82) is 0 Å². The summed E-state index contributed by atoms with van der Waals surface area (Å²) in [6.07, 6.45) is 3.15. The van der Waals surface area contributed by atoms with Crippen molar-refractivity contribution < 1.29 is 4.79 Å². The van der Waals surface area contributed by atoms with Gasteiger partial charge in [0, 0.05) is 19.3 Å². The summed E-state index contributed by atoms with van der Waals surface area (Å²) in [6, 6.07) is 6.25. The zero-order valence-corrected chi connectivity index (χ0v) is 12.6. The van der Waals surface area contributed by atoms with Crippen LogP contribution in [-0.4, -0.2) is 30.9 Å². The highest BCUT2D eigenvalue weighted by molar-refractivity contribution is 5.81. The van der Waals surface area contributed by atoms with E-state index in [0.717, 1.165) is 31.5 Å². The summed E-state index contributed by atoms with van der Waals surface area (Å²) in [5, 5.41) is 3.30. The molecule has 3 nitrogen and oxygen atoms in total. The maximum atomic E-state index is 12.0. The fourth-order valence-electron chi connectivity index (χ4n) is 2.10. The Labute approximate surface area is 117 Å². The van der Waals surface area contributed by atoms with E-state index >= 15 is 0 Å². The lowest BCUT2D eigenvalue weighted by atomic mass is 10.1. The van der Waals surface area contributed by atoms with Gasteiger partial charge < -0.3 is 10.2 Å². The zero-order chi connectivity index (χ0) is 14.3. The van der Waals surface area contributed by atoms with E-state index in [-0.39, 0.29) is 5.91 Å². The summed E-state index contributed by atoms with van der Waals surface area (Å²) in [5.41, 5.74) is 3.58. The fraction of sp³-hybridized carbons (Fsp3) is 0.562. The van der Waals surface area contributed by atoms with Crippen molar-refractivity contribution in [2.75, 3.05) is 25.5 Å². The summed E-state index contributed by atoms with van der Waals surface area (Å²) in [7, 11) is 1.87. The standard InChI is InChI=1S/C16H26N2O/c1-5-7-11-18(4)15(19)12-17-16-13(3)9-8-10-14(16)6-2/h8-10,17H,5-7,11-12H2,1-4H3. The number of para-hydroxylation sites is 1. The van der Waals surface area contributed by atoms with Gasteiger partial charge in [0.05, 0.1) is 6.54 Å². The van der Waals surface area contributed by atoms with Gasteiger partial charge in [-0.15, -0.1) is 0 Å². The van der Waals surface area contributed by atoms with Crippen LogP contribution in [0.4, 0.5) is 5.69 Å². The third-order valence-electron chi connectivity index (χ3n) is 3.43. The Hall–Kier alpha value is -1.51. The molecule has 0 bridgehead atoms. The van der Waals surface area contributed by atoms with Gasteiger partial charge in [0.25, 0.3) is 0 Å². The van der Waals surface area contributed by atoms with Gasteiger partial charge in [-0.1, -0.05) is 38.5 Å². The van der Waals surface area contributed by atoms with Crippen molar-refractivity contribution in [3.63, 3.8) is 0 Å². The zero-order valence-electron chi connectivity index (χ0n) is 12.6. The molecule has 1 rings (SSSR count). The minimum atomic E-state index is 0.152. The molecule has 19 heavy (non-hydrogen) atoms. The molecular weight excluding hydrogens is 236 g/mol. The van der Waals surface area contributed by atoms with E-state index in [2.05, 4.69) is 44.3 Å². The van der Waals surface area contributed by atoms with Gasteiger partial charge >= 0.3 is 0 Å². The Bertz CT molecular complexity index is 415. The van der Waals surface area contributed by atoms with Crippen molar-refractivity contribution in [2.24, 2.45) is 0 Å². The van der Waals surface area contributed by atoms with Crippen LogP contribution in [0.5, 0.6) is 0 Å². The van der Waals surface area contributed by atoms with Gasteiger partial charge in [0.1, 0.15) is 0 Å². The number of aryl methyl sites for hydroxylation is 2. The monoisotopic (exact) mass is 262 g/mol. The largest absolute Gasteiger partial charge is 0.376 e. The average molecular weight is 262 g/mol. The number of hydrogen-bond donors (Lipinski definition) is 1. The van der Waals surface area contributed by atoms with Crippen LogP contribution in [-0.2, 0) is 11.2 Å². The Balaban J connectivity index is 2.59. The molecule has 0 spiro atoms. The van der Waals surface area contributed by atoms with E-state index in [0.29, 0.717) is 6.54 Å². The highest BCUT2D eigenvalue weighted by atomic mass is 16.2. The maximum absolute atomic E-state index is 12.0. The van der Waals surface area contributed by atoms with Crippen molar-refractivity contribution in [1.82, 2.24) is 4.90 Å². The molecule has 1 N–H and O–H groups in total. The van der Waals surface area contributed by atoms with E-state index in [1.807, 2.05) is 7.05 Å². The topological polar surface area (TPSA) is 32.3 Å². The van der Waals surface area contributed by atoms with Crippen LogP contribution in [0.15, 0.2) is 18.2 Å². The second-order valence-corrected chi connectivity index (χ2v) is 4.98. The van der Waals surface area contributed by atoms with Crippen LogP contribution in [0.1, 0.15) is 37.8 Å². The number of nitrogens with zero attached hydrogens (tertiary/aromatic N) is 1. The van der Waals surface area contributed by atoms with Gasteiger partial charge in [-0.25, -0.2) is 0 Å². The highest BCUT2D eigenvalue weighted by Gasteiger charge is 2.10. The SMILES string of the molecule is CCCCN(C)C(=O)CNc1c(C)cccc1CC. The van der Waals surface area contributed by atoms with Crippen molar-refractivity contribution in [3.8, 4) is 0 Å². The number of carbonyl (C=O) groups is 1. The lowest BCUT2D eigenvalue weighted by molar-refractivity contribution is -0.128. The molecule has 0 aromatic heterocycles. The molecule has 0 aliphatic heterocycles. The maximum Gasteiger partial charge on any atom is 0.241 e. The van der Waals surface area contributed by atoms with Gasteiger partial charge in [-0.05, 0) is 30.9 Å². The normalized spacial score (nSPS) is 10.3. The van der Waals surface area contributed by atoms with Gasteiger partial charge in [-0.3, -0.25) is 4.79 Å². The third-order valence-corrected chi connectivity index (χ3v) is 3.43. The quantitative estimate of drug-likeness (QED) is 0.818. The Morgan fingerprint density at radius 3 is 2.68 bits per heavy atom. The predicted octanol–water partition coefficient (Wildman–Crippen LogP) is 3.23. The lowest BCUT2D eigenvalue weighted by Gasteiger charge is -2.19. The first kappa shape index (κ1) is 15.5. The molecular formula is C16H26N2O. The van der Waals surface area contributed by atoms with Crippen molar-refractivity contribution >= 4 is 11.6 Å². The molecule has 1 amide bonds. The number of unbranched alkanes of at least 4 members (excludes halogenated alkanes) is 1. The number of hydrogen-bond acceptors (Lipinski definition) is 2. The molecule has 1 aromatic rings. The van der Waals surface area contributed by atoms with Crippen LogP contribution in [0.2, 0.25) is 0 Å². The first-order chi connectivity index (χ1) is 9.10. The van der Waals surface area contributed by atoms with Crippen LogP contribution in [0.25, 0.3) is 0 Å². The van der Waals surface area contributed by atoms with E-state index in [9.17, 15) is 4.79 Å². The summed E-state index contributed by atoms with van der Waals surface area (Å²) < 4.78 is 0. The summed E-state index contributed by atoms with van der Waals surface area (Å²) in [6.45, 7) is 7.56. The van der Waals surface area contributed by atoms with Crippen LogP contribution < -0.4 is 5.32 Å². The molecule has 0 saturated carbocycles. The smallest absolute Gasteiger partial charge is 0.241 e. The van der Waals surface area contributed by atoms with Crippen LogP contribution in [0, 0.1) is 6.92 Å². The molecule has 0 unspecified atom stereocenters. The first-order valence-electron chi connectivity index (χ1n) is 7.16. The number of amides is 1. The highest BCUT2D eigenvalue weighted by Crippen LogP contribution is 2.20.